The summed E-state index contributed by atoms with van der Waals surface area (Å²) in [5, 5.41) is 0. The van der Waals surface area contributed by atoms with E-state index in [1.165, 1.54) is 7.11 Å². The van der Waals surface area contributed by atoms with Gasteiger partial charge in [-0.05, 0) is 13.3 Å². The van der Waals surface area contributed by atoms with Crippen LogP contribution < -0.4 is 0 Å². The number of Topliss-reactive ketones (excluding diaryl/α,β-unsaturated/α-hetero) is 1. The van der Waals surface area contributed by atoms with Crippen LogP contribution in [0.25, 0.3) is 0 Å². The van der Waals surface area contributed by atoms with E-state index in [4.69, 9.17) is 0 Å². The molecule has 0 atom stereocenters. The van der Waals surface area contributed by atoms with Gasteiger partial charge >= 0.3 is 5.97 Å². The van der Waals surface area contributed by atoms with Crippen LogP contribution in [0.3, 0.4) is 0 Å². The predicted molar refractivity (Wildman–Crippen MR) is 45.7 cm³/mol. The fraction of sp³-hybridized carbons (Fsp3) is 0.556. The molecule has 0 N–H and O–H groups in total. The van der Waals surface area contributed by atoms with Crippen LogP contribution in [-0.2, 0) is 14.3 Å². The number of ketones is 1. The number of hydrogen-bond donors (Lipinski definition) is 0. The van der Waals surface area contributed by atoms with Crippen LogP contribution in [0.2, 0.25) is 0 Å². The van der Waals surface area contributed by atoms with Gasteiger partial charge in [0.2, 0.25) is 0 Å². The molecular weight excluding hydrogens is 156 g/mol. The van der Waals surface area contributed by atoms with E-state index in [1.54, 1.807) is 0 Å². The van der Waals surface area contributed by atoms with Crippen LogP contribution >= 0.6 is 0 Å². The summed E-state index contributed by atoms with van der Waals surface area (Å²) in [5.41, 5.74) is 0.952. The molecule has 3 nitrogen and oxygen atoms in total. The molecular formula is C9H14O3. The Morgan fingerprint density at radius 2 is 1.92 bits per heavy atom. The standard InChI is InChI=1S/C9H14O3/c1-7(2)4-5-8(10)6-9(11)12-3/h1,4-6H2,2-3H3. The largest absolute Gasteiger partial charge is 0.469 e. The average Bonchev–Trinajstić information content (AvgIpc) is 2.00. The van der Waals surface area contributed by atoms with Gasteiger partial charge in [-0.1, -0.05) is 5.57 Å². The Bertz CT molecular complexity index is 194. The van der Waals surface area contributed by atoms with Crippen molar-refractivity contribution in [3.05, 3.63) is 12.2 Å². The summed E-state index contributed by atoms with van der Waals surface area (Å²) in [6.45, 7) is 5.51. The van der Waals surface area contributed by atoms with Crippen molar-refractivity contribution in [2.45, 2.75) is 26.2 Å². The number of carbonyl (C=O) groups excluding carboxylic acids is 2. The first-order chi connectivity index (χ1) is 5.56. The van der Waals surface area contributed by atoms with Crippen molar-refractivity contribution in [3.63, 3.8) is 0 Å². The van der Waals surface area contributed by atoms with Crippen molar-refractivity contribution in [3.8, 4) is 0 Å². The summed E-state index contributed by atoms with van der Waals surface area (Å²) in [5.74, 6) is -0.563. The van der Waals surface area contributed by atoms with Gasteiger partial charge in [-0.2, -0.15) is 0 Å². The minimum absolute atomic E-state index is 0.0927. The van der Waals surface area contributed by atoms with E-state index >= 15 is 0 Å². The van der Waals surface area contributed by atoms with E-state index in [1.807, 2.05) is 6.92 Å². The van der Waals surface area contributed by atoms with Crippen molar-refractivity contribution in [1.29, 1.82) is 0 Å². The van der Waals surface area contributed by atoms with E-state index in [0.717, 1.165) is 5.57 Å². The highest BCUT2D eigenvalue weighted by molar-refractivity contribution is 5.95. The van der Waals surface area contributed by atoms with Crippen molar-refractivity contribution < 1.29 is 14.3 Å². The number of ether oxygens (including phenoxy) is 1. The van der Waals surface area contributed by atoms with Gasteiger partial charge in [-0.25, -0.2) is 0 Å². The molecule has 0 aliphatic heterocycles. The smallest absolute Gasteiger partial charge is 0.313 e. The van der Waals surface area contributed by atoms with Gasteiger partial charge in [0, 0.05) is 6.42 Å². The molecule has 0 fully saturated rings. The van der Waals surface area contributed by atoms with Crippen LogP contribution in [0.1, 0.15) is 26.2 Å². The lowest BCUT2D eigenvalue weighted by atomic mass is 10.1. The summed E-state index contributed by atoms with van der Waals surface area (Å²) in [7, 11) is 1.27. The maximum atomic E-state index is 11.0. The number of methoxy groups -OCH3 is 1. The van der Waals surface area contributed by atoms with Gasteiger partial charge in [0.25, 0.3) is 0 Å². The zero-order valence-corrected chi connectivity index (χ0v) is 7.55. The third-order valence-electron chi connectivity index (χ3n) is 1.40. The molecule has 0 unspecified atom stereocenters. The molecule has 0 amide bonds. The Morgan fingerprint density at radius 3 is 2.33 bits per heavy atom. The maximum Gasteiger partial charge on any atom is 0.313 e. The molecule has 0 heterocycles. The van der Waals surface area contributed by atoms with Gasteiger partial charge < -0.3 is 4.74 Å². The Morgan fingerprint density at radius 1 is 1.33 bits per heavy atom. The SMILES string of the molecule is C=C(C)CCC(=O)CC(=O)OC. The van der Waals surface area contributed by atoms with Crippen molar-refractivity contribution in [1.82, 2.24) is 0 Å². The number of carbonyl (C=O) groups is 2. The lowest BCUT2D eigenvalue weighted by molar-refractivity contribution is -0.143. The van der Waals surface area contributed by atoms with Crippen molar-refractivity contribution in [2.75, 3.05) is 7.11 Å². The quantitative estimate of drug-likeness (QED) is 0.356. The molecule has 0 spiro atoms. The minimum atomic E-state index is -0.471. The fourth-order valence-corrected chi connectivity index (χ4v) is 0.674. The first-order valence-electron chi connectivity index (χ1n) is 3.79. The molecule has 0 aliphatic carbocycles. The predicted octanol–water partition coefficient (Wildman–Crippen LogP) is 1.47. The zero-order valence-electron chi connectivity index (χ0n) is 7.55. The molecule has 0 rings (SSSR count). The molecule has 0 aromatic carbocycles. The van der Waals surface area contributed by atoms with E-state index in [0.29, 0.717) is 12.8 Å². The number of esters is 1. The molecule has 0 bridgehead atoms. The third kappa shape index (κ3) is 5.65. The summed E-state index contributed by atoms with van der Waals surface area (Å²) >= 11 is 0. The summed E-state index contributed by atoms with van der Waals surface area (Å²) in [6, 6.07) is 0. The second-order valence-corrected chi connectivity index (χ2v) is 2.75. The first kappa shape index (κ1) is 10.9. The normalized spacial score (nSPS) is 9.17. The molecule has 0 radical (unpaired) electrons. The summed E-state index contributed by atoms with van der Waals surface area (Å²) in [6.07, 6.45) is 0.907. The van der Waals surface area contributed by atoms with Gasteiger partial charge in [0.15, 0.2) is 0 Å². The van der Waals surface area contributed by atoms with Gasteiger partial charge in [-0.3, -0.25) is 9.59 Å². The summed E-state index contributed by atoms with van der Waals surface area (Å²) < 4.78 is 4.35. The average molecular weight is 170 g/mol. The van der Waals surface area contributed by atoms with Gasteiger partial charge in [-0.15, -0.1) is 6.58 Å². The van der Waals surface area contributed by atoms with Crippen molar-refractivity contribution in [2.24, 2.45) is 0 Å². The first-order valence-corrected chi connectivity index (χ1v) is 3.79. The molecule has 3 heteroatoms. The Kier molecular flexibility index (Phi) is 5.00. The molecule has 0 saturated carbocycles. The van der Waals surface area contributed by atoms with Crippen LogP contribution in [-0.4, -0.2) is 18.9 Å². The van der Waals surface area contributed by atoms with Gasteiger partial charge in [0.05, 0.1) is 7.11 Å². The Balaban J connectivity index is 3.60. The number of rotatable bonds is 5. The second-order valence-electron chi connectivity index (χ2n) is 2.75. The minimum Gasteiger partial charge on any atom is -0.469 e. The third-order valence-corrected chi connectivity index (χ3v) is 1.40. The topological polar surface area (TPSA) is 43.4 Å². The Hall–Kier alpha value is -1.12. The highest BCUT2D eigenvalue weighted by atomic mass is 16.5. The molecule has 68 valence electrons. The molecule has 0 aliphatic rings. The number of allylic oxidation sites excluding steroid dienone is 1. The lowest BCUT2D eigenvalue weighted by Crippen LogP contribution is -2.08. The lowest BCUT2D eigenvalue weighted by Gasteiger charge is -1.98. The van der Waals surface area contributed by atoms with Crippen molar-refractivity contribution >= 4 is 11.8 Å². The van der Waals surface area contributed by atoms with Crippen LogP contribution in [0.15, 0.2) is 12.2 Å². The molecule has 0 aromatic heterocycles. The number of hydrogen-bond acceptors (Lipinski definition) is 3. The molecule has 12 heavy (non-hydrogen) atoms. The van der Waals surface area contributed by atoms with Gasteiger partial charge in [0.1, 0.15) is 12.2 Å². The molecule has 0 saturated heterocycles. The van der Waals surface area contributed by atoms with E-state index in [2.05, 4.69) is 11.3 Å². The zero-order chi connectivity index (χ0) is 9.56. The van der Waals surface area contributed by atoms with Crippen LogP contribution in [0.5, 0.6) is 0 Å². The Labute approximate surface area is 72.4 Å². The monoisotopic (exact) mass is 170 g/mol. The molecule has 0 aromatic rings. The van der Waals surface area contributed by atoms with E-state index in [9.17, 15) is 9.59 Å². The van der Waals surface area contributed by atoms with E-state index < -0.39 is 5.97 Å². The maximum absolute atomic E-state index is 11.0. The fourth-order valence-electron chi connectivity index (χ4n) is 0.674. The summed E-state index contributed by atoms with van der Waals surface area (Å²) in [4.78, 5) is 21.6. The van der Waals surface area contributed by atoms with E-state index in [-0.39, 0.29) is 12.2 Å². The van der Waals surface area contributed by atoms with Crippen LogP contribution in [0, 0.1) is 0 Å². The second kappa shape index (κ2) is 5.52. The highest BCUT2D eigenvalue weighted by Crippen LogP contribution is 2.03. The van der Waals surface area contributed by atoms with Crippen LogP contribution in [0.4, 0.5) is 0 Å². The highest BCUT2D eigenvalue weighted by Gasteiger charge is 2.08.